The van der Waals surface area contributed by atoms with Gasteiger partial charge < -0.3 is 20.5 Å². The van der Waals surface area contributed by atoms with Crippen LogP contribution in [0.2, 0.25) is 5.02 Å². The molecule has 28 heavy (non-hydrogen) atoms. The van der Waals surface area contributed by atoms with Gasteiger partial charge in [-0.15, -0.1) is 0 Å². The molecule has 1 aromatic heterocycles. The Hall–Kier alpha value is -2.42. The van der Waals surface area contributed by atoms with Crippen LogP contribution in [0.4, 0.5) is 0 Å². The summed E-state index contributed by atoms with van der Waals surface area (Å²) in [4.78, 5) is 25.0. The molecule has 2 heterocycles. The molecule has 148 valence electrons. The molecule has 2 fully saturated rings. The highest BCUT2D eigenvalue weighted by atomic mass is 35.5. The molecule has 2 aliphatic rings. The Kier molecular flexibility index (Phi) is 5.09. The van der Waals surface area contributed by atoms with Crippen molar-refractivity contribution in [3.05, 3.63) is 52.3 Å². The van der Waals surface area contributed by atoms with Gasteiger partial charge >= 0.3 is 0 Å². The highest BCUT2D eigenvalue weighted by molar-refractivity contribution is 6.30. The predicted octanol–water partition coefficient (Wildman–Crippen LogP) is 0.852. The van der Waals surface area contributed by atoms with E-state index in [1.165, 1.54) is 17.8 Å². The first-order valence-corrected chi connectivity index (χ1v) is 9.47. The van der Waals surface area contributed by atoms with Gasteiger partial charge in [0.1, 0.15) is 11.7 Å². The fraction of sp³-hybridized carbons (Fsp3) is 0.421. The first kappa shape index (κ1) is 18.9. The third-order valence-electron chi connectivity index (χ3n) is 5.38. The number of rotatable bonds is 6. The van der Waals surface area contributed by atoms with E-state index in [2.05, 4.69) is 15.7 Å². The smallest absolute Gasteiger partial charge is 0.271 e. The van der Waals surface area contributed by atoms with Crippen LogP contribution in [-0.4, -0.2) is 59.6 Å². The molecular formula is C19H21ClN4O4. The summed E-state index contributed by atoms with van der Waals surface area (Å²) in [5, 5.41) is 20.3. The van der Waals surface area contributed by atoms with Crippen molar-refractivity contribution in [2.75, 3.05) is 26.9 Å². The van der Waals surface area contributed by atoms with Crippen LogP contribution in [0.25, 0.3) is 0 Å². The van der Waals surface area contributed by atoms with Crippen LogP contribution in [0.1, 0.15) is 32.6 Å². The first-order valence-electron chi connectivity index (χ1n) is 9.10. The van der Waals surface area contributed by atoms with Crippen molar-refractivity contribution < 1.29 is 19.4 Å². The van der Waals surface area contributed by atoms with Gasteiger partial charge in [0.15, 0.2) is 5.69 Å². The summed E-state index contributed by atoms with van der Waals surface area (Å²) in [6.07, 6.45) is 0. The molecule has 1 saturated heterocycles. The summed E-state index contributed by atoms with van der Waals surface area (Å²) in [6.45, 7) is 0.998. The Morgan fingerprint density at radius 2 is 2.07 bits per heavy atom. The molecular weight excluding hydrogens is 384 g/mol. The van der Waals surface area contributed by atoms with E-state index in [-0.39, 0.29) is 29.9 Å². The second-order valence-electron chi connectivity index (χ2n) is 7.06. The minimum Gasteiger partial charge on any atom is -0.394 e. The number of hydrogen-bond acceptors (Lipinski definition) is 5. The van der Waals surface area contributed by atoms with Crippen LogP contribution in [0, 0.1) is 11.8 Å². The van der Waals surface area contributed by atoms with E-state index >= 15 is 0 Å². The van der Waals surface area contributed by atoms with E-state index in [4.69, 9.17) is 16.3 Å². The van der Waals surface area contributed by atoms with E-state index in [1.807, 2.05) is 0 Å². The van der Waals surface area contributed by atoms with Gasteiger partial charge in [0.25, 0.3) is 11.8 Å². The Morgan fingerprint density at radius 1 is 1.32 bits per heavy atom. The summed E-state index contributed by atoms with van der Waals surface area (Å²) in [7, 11) is 1.49. The number of carbonyl (C=O) groups is 2. The normalized spacial score (nSPS) is 23.8. The third kappa shape index (κ3) is 3.39. The minimum absolute atomic E-state index is 0.0757. The molecule has 2 amide bonds. The Balaban J connectivity index is 1.67. The summed E-state index contributed by atoms with van der Waals surface area (Å²) in [5.41, 5.74) is 1.00. The van der Waals surface area contributed by atoms with E-state index < -0.39 is 11.9 Å². The average Bonchev–Trinajstić information content (AvgIpc) is 3.08. The molecule has 1 aromatic carbocycles. The zero-order valence-corrected chi connectivity index (χ0v) is 16.0. The largest absolute Gasteiger partial charge is 0.394 e. The van der Waals surface area contributed by atoms with Crippen molar-refractivity contribution in [1.29, 1.82) is 0 Å². The quantitative estimate of drug-likeness (QED) is 0.662. The lowest BCUT2D eigenvalue weighted by Gasteiger charge is -2.18. The molecule has 1 aliphatic carbocycles. The highest BCUT2D eigenvalue weighted by Gasteiger charge is 2.55. The number of nitrogens with one attached hydrogen (secondary N) is 2. The van der Waals surface area contributed by atoms with Gasteiger partial charge in [-0.1, -0.05) is 23.7 Å². The van der Waals surface area contributed by atoms with Gasteiger partial charge in [0, 0.05) is 36.0 Å². The maximum Gasteiger partial charge on any atom is 0.271 e. The SMILES string of the molecule is CNC(=O)c1cc(C(=O)N[C@H]2[C@@H]3COC[C@@H]32)n(C(CO)c2cccc(Cl)c2)n1. The molecule has 1 saturated carbocycles. The number of benzene rings is 1. The standard InChI is InChI=1S/C19H21ClN4O4/c1-21-18(26)14-6-15(19(27)22-17-12-8-28-9-13(12)17)24(23-14)16(7-25)10-3-2-4-11(20)5-10/h2-6,12-13,16-17,25H,7-9H2,1H3,(H,21,26)(H,22,27)/t12-,13+,16?,17+. The molecule has 1 unspecified atom stereocenters. The first-order chi connectivity index (χ1) is 13.5. The van der Waals surface area contributed by atoms with Gasteiger partial charge in [-0.3, -0.25) is 9.59 Å². The second-order valence-corrected chi connectivity index (χ2v) is 7.49. The van der Waals surface area contributed by atoms with Crippen LogP contribution in [0.3, 0.4) is 0 Å². The zero-order chi connectivity index (χ0) is 19.8. The fourth-order valence-electron chi connectivity index (χ4n) is 3.76. The molecule has 8 nitrogen and oxygen atoms in total. The fourth-order valence-corrected chi connectivity index (χ4v) is 3.96. The lowest BCUT2D eigenvalue weighted by molar-refractivity contribution is 0.0912. The number of aromatic nitrogens is 2. The number of nitrogens with zero attached hydrogens (tertiary/aromatic N) is 2. The van der Waals surface area contributed by atoms with Gasteiger partial charge in [0.05, 0.1) is 19.8 Å². The van der Waals surface area contributed by atoms with E-state index in [0.29, 0.717) is 35.6 Å². The number of fused-ring (bicyclic) bond motifs is 1. The van der Waals surface area contributed by atoms with E-state index in [0.717, 1.165) is 0 Å². The van der Waals surface area contributed by atoms with E-state index in [9.17, 15) is 14.7 Å². The van der Waals surface area contributed by atoms with Crippen molar-refractivity contribution in [3.8, 4) is 0 Å². The van der Waals surface area contributed by atoms with Gasteiger partial charge in [-0.05, 0) is 17.7 Å². The van der Waals surface area contributed by atoms with Gasteiger partial charge in [-0.2, -0.15) is 5.10 Å². The van der Waals surface area contributed by atoms with Crippen LogP contribution < -0.4 is 10.6 Å². The number of hydrogen-bond donors (Lipinski definition) is 3. The number of amides is 2. The highest BCUT2D eigenvalue weighted by Crippen LogP contribution is 2.44. The number of halogens is 1. The Labute approximate surface area is 166 Å². The average molecular weight is 405 g/mol. The van der Waals surface area contributed by atoms with Crippen LogP contribution in [0.5, 0.6) is 0 Å². The van der Waals surface area contributed by atoms with Crippen molar-refractivity contribution in [1.82, 2.24) is 20.4 Å². The second kappa shape index (κ2) is 7.54. The number of carbonyl (C=O) groups excluding carboxylic acids is 2. The zero-order valence-electron chi connectivity index (χ0n) is 15.3. The van der Waals surface area contributed by atoms with Gasteiger partial charge in [-0.25, -0.2) is 4.68 Å². The molecule has 4 rings (SSSR count). The minimum atomic E-state index is -0.653. The third-order valence-corrected chi connectivity index (χ3v) is 5.61. The van der Waals surface area contributed by atoms with Crippen molar-refractivity contribution in [2.24, 2.45) is 11.8 Å². The number of ether oxygens (including phenoxy) is 1. The number of aliphatic hydroxyl groups is 1. The monoisotopic (exact) mass is 404 g/mol. The van der Waals surface area contributed by atoms with Crippen molar-refractivity contribution >= 4 is 23.4 Å². The van der Waals surface area contributed by atoms with Crippen molar-refractivity contribution in [2.45, 2.75) is 12.1 Å². The van der Waals surface area contributed by atoms with Crippen LogP contribution in [0.15, 0.2) is 30.3 Å². The summed E-state index contributed by atoms with van der Waals surface area (Å²) in [6, 6.07) is 7.84. The lowest BCUT2D eigenvalue weighted by Crippen LogP contribution is -2.33. The van der Waals surface area contributed by atoms with Crippen LogP contribution >= 0.6 is 11.6 Å². The summed E-state index contributed by atoms with van der Waals surface area (Å²) >= 11 is 6.08. The molecule has 0 bridgehead atoms. The maximum absolute atomic E-state index is 12.9. The Morgan fingerprint density at radius 3 is 2.71 bits per heavy atom. The summed E-state index contributed by atoms with van der Waals surface area (Å²) in [5.74, 6) is -0.0459. The van der Waals surface area contributed by atoms with Crippen LogP contribution in [-0.2, 0) is 4.74 Å². The molecule has 9 heteroatoms. The lowest BCUT2D eigenvalue weighted by atomic mass is 10.1. The predicted molar refractivity (Wildman–Crippen MR) is 101 cm³/mol. The Bertz CT molecular complexity index is 905. The molecule has 0 radical (unpaired) electrons. The molecule has 1 aliphatic heterocycles. The molecule has 2 aromatic rings. The topological polar surface area (TPSA) is 105 Å². The van der Waals surface area contributed by atoms with Crippen molar-refractivity contribution in [3.63, 3.8) is 0 Å². The molecule has 3 N–H and O–H groups in total. The molecule has 4 atom stereocenters. The van der Waals surface area contributed by atoms with E-state index in [1.54, 1.807) is 24.3 Å². The summed E-state index contributed by atoms with van der Waals surface area (Å²) < 4.78 is 6.74. The maximum atomic E-state index is 12.9. The van der Waals surface area contributed by atoms with Gasteiger partial charge in [0.2, 0.25) is 0 Å². The molecule has 0 spiro atoms. The number of aliphatic hydroxyl groups excluding tert-OH is 1.